The fraction of sp³-hybridized carbons (Fsp3) is 0.0938. The molecule has 0 bridgehead atoms. The Labute approximate surface area is 242 Å². The van der Waals surface area contributed by atoms with Crippen molar-refractivity contribution in [1.29, 1.82) is 0 Å². The molecule has 0 saturated carbocycles. The van der Waals surface area contributed by atoms with Gasteiger partial charge in [-0.1, -0.05) is 71.8 Å². The Morgan fingerprint density at radius 2 is 1.44 bits per heavy atom. The summed E-state index contributed by atoms with van der Waals surface area (Å²) in [7, 11) is -4.17. The number of aromatic nitrogens is 3. The molecule has 0 fully saturated rings. The number of nitrogens with one attached hydrogen (secondary N) is 1. The van der Waals surface area contributed by atoms with Crippen LogP contribution in [0.5, 0.6) is 0 Å². The lowest BCUT2D eigenvalue weighted by Gasteiger charge is -2.20. The zero-order valence-electron chi connectivity index (χ0n) is 22.2. The highest BCUT2D eigenvalue weighted by Gasteiger charge is 2.34. The molecule has 0 saturated heterocycles. The molecule has 41 heavy (non-hydrogen) atoms. The van der Waals surface area contributed by atoms with Crippen molar-refractivity contribution >= 4 is 55.4 Å². The van der Waals surface area contributed by atoms with Crippen molar-refractivity contribution in [1.82, 2.24) is 14.5 Å². The van der Waals surface area contributed by atoms with E-state index in [2.05, 4.69) is 5.32 Å². The fourth-order valence-corrected chi connectivity index (χ4v) is 6.54. The van der Waals surface area contributed by atoms with Gasteiger partial charge >= 0.3 is 0 Å². The summed E-state index contributed by atoms with van der Waals surface area (Å²) in [6.45, 7) is 3.82. The van der Waals surface area contributed by atoms with Crippen molar-refractivity contribution in [2.24, 2.45) is 0 Å². The maximum atomic E-state index is 14.4. The molecule has 0 spiro atoms. The number of benzene rings is 4. The van der Waals surface area contributed by atoms with Gasteiger partial charge in [0.15, 0.2) is 5.65 Å². The van der Waals surface area contributed by atoms with Gasteiger partial charge in [-0.2, -0.15) is 0 Å². The van der Waals surface area contributed by atoms with Crippen LogP contribution in [0.2, 0.25) is 5.02 Å². The molecule has 1 amide bonds. The van der Waals surface area contributed by atoms with Crippen molar-refractivity contribution in [2.75, 3.05) is 5.32 Å². The summed E-state index contributed by atoms with van der Waals surface area (Å²) in [5, 5.41) is 3.40. The van der Waals surface area contributed by atoms with Gasteiger partial charge in [0.05, 0.1) is 22.0 Å². The van der Waals surface area contributed by atoms with Crippen LogP contribution < -0.4 is 5.32 Å². The first-order chi connectivity index (χ1) is 19.7. The number of hydrogen-bond acceptors (Lipinski definition) is 5. The van der Waals surface area contributed by atoms with E-state index < -0.39 is 21.8 Å². The molecule has 0 aliphatic carbocycles. The van der Waals surface area contributed by atoms with Crippen molar-refractivity contribution in [3.8, 4) is 0 Å². The predicted molar refractivity (Wildman–Crippen MR) is 161 cm³/mol. The van der Waals surface area contributed by atoms with Crippen LogP contribution in [-0.4, -0.2) is 28.9 Å². The number of nitrogens with zero attached hydrogens (tertiary/aromatic N) is 3. The summed E-state index contributed by atoms with van der Waals surface area (Å²) in [4.78, 5) is 23.3. The van der Waals surface area contributed by atoms with Gasteiger partial charge in [0, 0.05) is 10.6 Å². The van der Waals surface area contributed by atoms with Crippen LogP contribution in [0.4, 0.5) is 5.82 Å². The van der Waals surface area contributed by atoms with Crippen LogP contribution in [0.3, 0.4) is 0 Å². The number of rotatable bonds is 6. The van der Waals surface area contributed by atoms with Gasteiger partial charge in [0.2, 0.25) is 9.84 Å². The molecule has 7 nitrogen and oxygen atoms in total. The van der Waals surface area contributed by atoms with E-state index >= 15 is 0 Å². The molecule has 1 N–H and O–H groups in total. The monoisotopic (exact) mass is 580 g/mol. The van der Waals surface area contributed by atoms with E-state index in [9.17, 15) is 13.2 Å². The van der Waals surface area contributed by atoms with Gasteiger partial charge in [-0.15, -0.1) is 0 Å². The Kier molecular flexibility index (Phi) is 6.81. The van der Waals surface area contributed by atoms with Crippen LogP contribution in [0.15, 0.2) is 113 Å². The quantitative estimate of drug-likeness (QED) is 0.224. The van der Waals surface area contributed by atoms with Crippen LogP contribution in [0, 0.1) is 6.92 Å². The zero-order chi connectivity index (χ0) is 28.7. The molecule has 2 heterocycles. The zero-order valence-corrected chi connectivity index (χ0v) is 23.8. The normalized spacial score (nSPS) is 12.5. The average molecular weight is 581 g/mol. The molecule has 0 aliphatic heterocycles. The lowest BCUT2D eigenvalue weighted by Crippen LogP contribution is -2.19. The molecule has 4 aromatic carbocycles. The molecule has 6 aromatic rings. The third kappa shape index (κ3) is 4.85. The molecule has 0 radical (unpaired) electrons. The van der Waals surface area contributed by atoms with E-state index in [-0.39, 0.29) is 21.1 Å². The summed E-state index contributed by atoms with van der Waals surface area (Å²) in [6.07, 6.45) is 0. The minimum Gasteiger partial charge on any atom is -0.307 e. The summed E-state index contributed by atoms with van der Waals surface area (Å²) in [5.74, 6) is -0.400. The van der Waals surface area contributed by atoms with Gasteiger partial charge in [0.1, 0.15) is 16.2 Å². The van der Waals surface area contributed by atoms with Crippen molar-refractivity contribution in [2.45, 2.75) is 29.7 Å². The van der Waals surface area contributed by atoms with E-state index in [1.165, 1.54) is 0 Å². The highest BCUT2D eigenvalue weighted by molar-refractivity contribution is 7.92. The number of carbonyl (C=O) groups excluding carboxylic acids is 1. The summed E-state index contributed by atoms with van der Waals surface area (Å²) < 4.78 is 30.6. The number of para-hydroxylation sites is 2. The Balaban J connectivity index is 1.69. The lowest BCUT2D eigenvalue weighted by atomic mass is 10.1. The largest absolute Gasteiger partial charge is 0.307 e. The topological polar surface area (TPSA) is 94.0 Å². The number of fused-ring (bicyclic) bond motifs is 2. The van der Waals surface area contributed by atoms with Crippen LogP contribution in [0.1, 0.15) is 34.5 Å². The fourth-order valence-electron chi connectivity index (χ4n) is 4.88. The Morgan fingerprint density at radius 3 is 2.10 bits per heavy atom. The molecule has 9 heteroatoms. The predicted octanol–water partition coefficient (Wildman–Crippen LogP) is 7.24. The Bertz CT molecular complexity index is 2020. The van der Waals surface area contributed by atoms with Gasteiger partial charge < -0.3 is 9.88 Å². The smallest absolute Gasteiger partial charge is 0.256 e. The van der Waals surface area contributed by atoms with Gasteiger partial charge in [-0.25, -0.2) is 18.4 Å². The average Bonchev–Trinajstić information content (AvgIpc) is 3.29. The van der Waals surface area contributed by atoms with E-state index in [0.717, 1.165) is 11.1 Å². The first kappa shape index (κ1) is 26.7. The Morgan fingerprint density at radius 1 is 0.829 bits per heavy atom. The standard InChI is InChI=1S/C32H25ClN4O3S/c1-20-12-18-25(19-13-20)41(39,40)29-28-30(35-27-11-7-6-10-26(27)34-28)37(21(2)22-8-4-3-5-9-22)31(29)36-32(38)23-14-16-24(33)17-15-23/h3-19,21H,1-2H3,(H,36,38)/t21-/m1/s1. The first-order valence-corrected chi connectivity index (χ1v) is 14.8. The molecular weight excluding hydrogens is 556 g/mol. The summed E-state index contributed by atoms with van der Waals surface area (Å²) in [5.41, 5.74) is 3.82. The first-order valence-electron chi connectivity index (χ1n) is 13.0. The number of amides is 1. The lowest BCUT2D eigenvalue weighted by molar-refractivity contribution is 0.102. The minimum absolute atomic E-state index is 0.0893. The number of hydrogen-bond donors (Lipinski definition) is 1. The van der Waals surface area contributed by atoms with E-state index in [1.807, 2.05) is 62.4 Å². The SMILES string of the molecule is Cc1ccc(S(=O)(=O)c2c(NC(=O)c3ccc(Cl)cc3)n([C@H](C)c3ccccc3)c3nc4ccccc4nc23)cc1. The van der Waals surface area contributed by atoms with Gasteiger partial charge in [-0.3, -0.25) is 4.79 Å². The van der Waals surface area contributed by atoms with Crippen LogP contribution in [-0.2, 0) is 9.84 Å². The highest BCUT2D eigenvalue weighted by Crippen LogP contribution is 2.40. The number of halogens is 1. The highest BCUT2D eigenvalue weighted by atomic mass is 35.5. The van der Waals surface area contributed by atoms with E-state index in [1.54, 1.807) is 59.2 Å². The molecule has 0 unspecified atom stereocenters. The summed E-state index contributed by atoms with van der Waals surface area (Å²) in [6, 6.07) is 29.5. The third-order valence-corrected chi connectivity index (χ3v) is 9.13. The Hall–Kier alpha value is -4.53. The van der Waals surface area contributed by atoms with Crippen molar-refractivity contribution in [3.05, 3.63) is 125 Å². The number of carbonyl (C=O) groups is 1. The number of aryl methyl sites for hydroxylation is 1. The summed E-state index contributed by atoms with van der Waals surface area (Å²) >= 11 is 6.05. The van der Waals surface area contributed by atoms with E-state index in [0.29, 0.717) is 27.3 Å². The second-order valence-corrected chi connectivity index (χ2v) is 12.1. The van der Waals surface area contributed by atoms with Gasteiger partial charge in [0.25, 0.3) is 5.91 Å². The molecule has 2 aromatic heterocycles. The molecule has 204 valence electrons. The molecule has 0 aliphatic rings. The second-order valence-electron chi connectivity index (χ2n) is 9.80. The van der Waals surface area contributed by atoms with Gasteiger partial charge in [-0.05, 0) is 67.9 Å². The molecule has 1 atom stereocenters. The third-order valence-electron chi connectivity index (χ3n) is 7.06. The minimum atomic E-state index is -4.17. The molecular formula is C32H25ClN4O3S. The maximum absolute atomic E-state index is 14.4. The molecule has 6 rings (SSSR count). The van der Waals surface area contributed by atoms with Crippen LogP contribution in [0.25, 0.3) is 22.2 Å². The van der Waals surface area contributed by atoms with Crippen molar-refractivity contribution in [3.63, 3.8) is 0 Å². The maximum Gasteiger partial charge on any atom is 0.256 e. The van der Waals surface area contributed by atoms with Crippen molar-refractivity contribution < 1.29 is 13.2 Å². The van der Waals surface area contributed by atoms with Crippen LogP contribution >= 0.6 is 11.6 Å². The van der Waals surface area contributed by atoms with E-state index in [4.69, 9.17) is 21.6 Å². The number of anilines is 1. The second kappa shape index (κ2) is 10.5. The number of sulfone groups is 1.